The lowest BCUT2D eigenvalue weighted by atomic mass is 10.2. The van der Waals surface area contributed by atoms with Crippen molar-refractivity contribution in [3.8, 4) is 11.3 Å². The molecule has 0 saturated heterocycles. The molecular weight excluding hydrogens is 314 g/mol. The van der Waals surface area contributed by atoms with E-state index in [2.05, 4.69) is 15.5 Å². The number of hydrogen-bond donors (Lipinski definition) is 1. The molecule has 3 rings (SSSR count). The van der Waals surface area contributed by atoms with Crippen molar-refractivity contribution in [1.82, 2.24) is 10.4 Å². The molecule has 0 radical (unpaired) electrons. The number of benzene rings is 1. The van der Waals surface area contributed by atoms with Gasteiger partial charge in [0.15, 0.2) is 0 Å². The zero-order valence-corrected chi connectivity index (χ0v) is 12.7. The number of pyridine rings is 1. The van der Waals surface area contributed by atoms with E-state index in [9.17, 15) is 4.79 Å². The van der Waals surface area contributed by atoms with Crippen molar-refractivity contribution in [2.75, 3.05) is 0 Å². The van der Waals surface area contributed by atoms with Crippen LogP contribution in [0, 0.1) is 0 Å². The van der Waals surface area contributed by atoms with Gasteiger partial charge in [-0.25, -0.2) is 5.43 Å². The van der Waals surface area contributed by atoms with Gasteiger partial charge in [0.25, 0.3) is 5.91 Å². The highest BCUT2D eigenvalue weighted by molar-refractivity contribution is 6.30. The molecule has 1 aromatic carbocycles. The van der Waals surface area contributed by atoms with Gasteiger partial charge < -0.3 is 4.42 Å². The molecule has 6 heteroatoms. The minimum atomic E-state index is -0.386. The summed E-state index contributed by atoms with van der Waals surface area (Å²) in [5.41, 5.74) is 3.56. The normalized spacial score (nSPS) is 10.8. The fourth-order valence-corrected chi connectivity index (χ4v) is 2.12. The van der Waals surface area contributed by atoms with Gasteiger partial charge in [-0.1, -0.05) is 29.8 Å². The molecule has 2 heterocycles. The lowest BCUT2D eigenvalue weighted by Crippen LogP contribution is -2.18. The molecule has 0 aliphatic rings. The van der Waals surface area contributed by atoms with Gasteiger partial charge >= 0.3 is 0 Å². The van der Waals surface area contributed by atoms with Crippen molar-refractivity contribution in [3.63, 3.8) is 0 Å². The monoisotopic (exact) mass is 325 g/mol. The molecule has 2 aromatic heterocycles. The number of hydrazone groups is 1. The molecule has 114 valence electrons. The Balaban J connectivity index is 1.66. The van der Waals surface area contributed by atoms with Crippen LogP contribution in [0.5, 0.6) is 0 Å². The topological polar surface area (TPSA) is 67.5 Å². The number of nitrogens with one attached hydrogen (secondary N) is 1. The van der Waals surface area contributed by atoms with E-state index in [1.165, 1.54) is 6.21 Å². The Morgan fingerprint density at radius 3 is 2.87 bits per heavy atom. The average molecular weight is 326 g/mol. The van der Waals surface area contributed by atoms with Gasteiger partial charge in [0, 0.05) is 16.8 Å². The molecular formula is C17H12ClN3O2. The number of carbonyl (C=O) groups is 1. The van der Waals surface area contributed by atoms with Gasteiger partial charge in [-0.3, -0.25) is 9.78 Å². The average Bonchev–Trinajstić information content (AvgIpc) is 3.04. The van der Waals surface area contributed by atoms with E-state index in [1.807, 2.05) is 24.3 Å². The lowest BCUT2D eigenvalue weighted by molar-refractivity contribution is 0.0950. The van der Waals surface area contributed by atoms with Crippen molar-refractivity contribution < 1.29 is 9.21 Å². The Labute approximate surface area is 137 Å². The fraction of sp³-hybridized carbons (Fsp3) is 0. The number of amides is 1. The predicted molar refractivity (Wildman–Crippen MR) is 88.5 cm³/mol. The highest BCUT2D eigenvalue weighted by Crippen LogP contribution is 2.24. The van der Waals surface area contributed by atoms with Crippen LogP contribution in [0.4, 0.5) is 0 Å². The van der Waals surface area contributed by atoms with Gasteiger partial charge in [-0.2, -0.15) is 5.10 Å². The van der Waals surface area contributed by atoms with Crippen molar-refractivity contribution in [3.05, 3.63) is 77.3 Å². The number of nitrogens with zero attached hydrogens (tertiary/aromatic N) is 2. The number of furan rings is 1. The molecule has 0 fully saturated rings. The first-order chi connectivity index (χ1) is 11.2. The smallest absolute Gasteiger partial charge is 0.289 e. The van der Waals surface area contributed by atoms with E-state index in [0.29, 0.717) is 22.2 Å². The van der Waals surface area contributed by atoms with Crippen molar-refractivity contribution in [2.24, 2.45) is 5.10 Å². The second-order valence-corrected chi connectivity index (χ2v) is 5.06. The third-order valence-electron chi connectivity index (χ3n) is 2.99. The Kier molecular flexibility index (Phi) is 4.49. The largest absolute Gasteiger partial charge is 0.455 e. The van der Waals surface area contributed by atoms with E-state index in [-0.39, 0.29) is 5.91 Å². The Hall–Kier alpha value is -2.92. The van der Waals surface area contributed by atoms with Gasteiger partial charge in [-0.05, 0) is 36.4 Å². The molecule has 0 spiro atoms. The summed E-state index contributed by atoms with van der Waals surface area (Å²) in [4.78, 5) is 15.7. The number of halogens is 1. The molecule has 1 N–H and O–H groups in total. The molecule has 0 saturated carbocycles. The highest BCUT2D eigenvalue weighted by atomic mass is 35.5. The number of carbonyl (C=O) groups excluding carboxylic acids is 1. The Morgan fingerprint density at radius 2 is 2.09 bits per heavy atom. The molecule has 23 heavy (non-hydrogen) atoms. The van der Waals surface area contributed by atoms with Crippen molar-refractivity contribution >= 4 is 23.7 Å². The van der Waals surface area contributed by atoms with E-state index in [4.69, 9.17) is 16.0 Å². The first-order valence-electron chi connectivity index (χ1n) is 6.82. The van der Waals surface area contributed by atoms with Crippen LogP contribution in [0.2, 0.25) is 5.02 Å². The second-order valence-electron chi connectivity index (χ2n) is 4.63. The third kappa shape index (κ3) is 3.84. The fourth-order valence-electron chi connectivity index (χ4n) is 1.93. The SMILES string of the molecule is O=C(NN=Cc1ccc(-c2cccc(Cl)c2)o1)c1ccccn1. The quantitative estimate of drug-likeness (QED) is 0.586. The molecule has 0 bridgehead atoms. The molecule has 0 unspecified atom stereocenters. The standard InChI is InChI=1S/C17H12ClN3O2/c18-13-5-3-4-12(10-13)16-8-7-14(23-16)11-20-21-17(22)15-6-1-2-9-19-15/h1-11H,(H,21,22). The number of aromatic nitrogens is 1. The van der Waals surface area contributed by atoms with Crippen LogP contribution in [0.25, 0.3) is 11.3 Å². The number of hydrogen-bond acceptors (Lipinski definition) is 4. The Morgan fingerprint density at radius 1 is 1.17 bits per heavy atom. The Bertz CT molecular complexity index is 844. The summed E-state index contributed by atoms with van der Waals surface area (Å²) in [7, 11) is 0. The summed E-state index contributed by atoms with van der Waals surface area (Å²) in [6.45, 7) is 0. The predicted octanol–water partition coefficient (Wildman–Crippen LogP) is 3.76. The summed E-state index contributed by atoms with van der Waals surface area (Å²) in [6, 6.07) is 16.0. The van der Waals surface area contributed by atoms with Gasteiger partial charge in [0.05, 0.1) is 6.21 Å². The minimum absolute atomic E-state index is 0.295. The van der Waals surface area contributed by atoms with Crippen LogP contribution in [0.15, 0.2) is 70.3 Å². The maximum Gasteiger partial charge on any atom is 0.289 e. The first-order valence-corrected chi connectivity index (χ1v) is 7.20. The van der Waals surface area contributed by atoms with Crippen LogP contribution in [0.3, 0.4) is 0 Å². The van der Waals surface area contributed by atoms with E-state index in [1.54, 1.807) is 36.5 Å². The van der Waals surface area contributed by atoms with Crippen LogP contribution < -0.4 is 5.43 Å². The van der Waals surface area contributed by atoms with Gasteiger partial charge in [-0.15, -0.1) is 0 Å². The van der Waals surface area contributed by atoms with Crippen molar-refractivity contribution in [2.45, 2.75) is 0 Å². The molecule has 0 aliphatic carbocycles. The molecule has 0 aliphatic heterocycles. The third-order valence-corrected chi connectivity index (χ3v) is 3.23. The van der Waals surface area contributed by atoms with Gasteiger partial charge in [0.1, 0.15) is 17.2 Å². The van der Waals surface area contributed by atoms with Crippen LogP contribution >= 0.6 is 11.6 Å². The summed E-state index contributed by atoms with van der Waals surface area (Å²) in [6.07, 6.45) is 2.97. The second kappa shape index (κ2) is 6.89. The first kappa shape index (κ1) is 15.0. The minimum Gasteiger partial charge on any atom is -0.455 e. The lowest BCUT2D eigenvalue weighted by Gasteiger charge is -1.98. The summed E-state index contributed by atoms with van der Waals surface area (Å²) in [5.74, 6) is 0.801. The molecule has 5 nitrogen and oxygen atoms in total. The van der Waals surface area contributed by atoms with Crippen LogP contribution in [0.1, 0.15) is 16.2 Å². The van der Waals surface area contributed by atoms with E-state index < -0.39 is 0 Å². The summed E-state index contributed by atoms with van der Waals surface area (Å²) >= 11 is 5.96. The number of rotatable bonds is 4. The van der Waals surface area contributed by atoms with Crippen LogP contribution in [-0.4, -0.2) is 17.1 Å². The maximum absolute atomic E-state index is 11.8. The van der Waals surface area contributed by atoms with E-state index >= 15 is 0 Å². The summed E-state index contributed by atoms with van der Waals surface area (Å²) in [5, 5.41) is 4.49. The zero-order valence-electron chi connectivity index (χ0n) is 11.9. The van der Waals surface area contributed by atoms with E-state index in [0.717, 1.165) is 5.56 Å². The molecule has 0 atom stereocenters. The van der Waals surface area contributed by atoms with Gasteiger partial charge in [0.2, 0.25) is 0 Å². The molecule has 3 aromatic rings. The van der Waals surface area contributed by atoms with Crippen molar-refractivity contribution in [1.29, 1.82) is 0 Å². The van der Waals surface area contributed by atoms with Crippen LogP contribution in [-0.2, 0) is 0 Å². The summed E-state index contributed by atoms with van der Waals surface area (Å²) < 4.78 is 5.64. The maximum atomic E-state index is 11.8. The zero-order chi connectivity index (χ0) is 16.1. The molecule has 1 amide bonds. The highest BCUT2D eigenvalue weighted by Gasteiger charge is 2.05.